The van der Waals surface area contributed by atoms with Gasteiger partial charge in [0.15, 0.2) is 11.5 Å². The predicted molar refractivity (Wildman–Crippen MR) is 83.7 cm³/mol. The van der Waals surface area contributed by atoms with E-state index < -0.39 is 0 Å². The third-order valence-corrected chi connectivity index (χ3v) is 3.22. The number of carbonyl (C=O) groups excluding carboxylic acids is 1. The maximum absolute atomic E-state index is 12.0. The molecule has 0 radical (unpaired) electrons. The summed E-state index contributed by atoms with van der Waals surface area (Å²) < 4.78 is 1.92. The Balaban J connectivity index is 2.41. The molecule has 0 atom stereocenters. The number of carbonyl (C=O) groups is 1. The van der Waals surface area contributed by atoms with Crippen LogP contribution in [0.2, 0.25) is 0 Å². The number of hydrogen-bond acceptors (Lipinski definition) is 5. The molecule has 2 rings (SSSR count). The molecule has 2 aromatic rings. The largest absolute Gasteiger partial charge is 0.369 e. The number of nitrogens with one attached hydrogen (secondary N) is 1. The van der Waals surface area contributed by atoms with Crippen LogP contribution in [0.15, 0.2) is 18.6 Å². The summed E-state index contributed by atoms with van der Waals surface area (Å²) in [5.41, 5.74) is 0.755. The predicted octanol–water partition coefficient (Wildman–Crippen LogP) is 1.08. The molecule has 21 heavy (non-hydrogen) atoms. The van der Waals surface area contributed by atoms with Crippen LogP contribution >= 0.6 is 0 Å². The third-order valence-electron chi connectivity index (χ3n) is 3.22. The fourth-order valence-corrected chi connectivity index (χ4v) is 2.03. The van der Waals surface area contributed by atoms with Crippen LogP contribution in [0.25, 0.3) is 5.65 Å². The highest BCUT2D eigenvalue weighted by Gasteiger charge is 2.17. The summed E-state index contributed by atoms with van der Waals surface area (Å²) in [6.07, 6.45) is 5.51. The number of anilines is 2. The first-order chi connectivity index (χ1) is 10.1. The van der Waals surface area contributed by atoms with Gasteiger partial charge in [-0.25, -0.2) is 9.97 Å². The van der Waals surface area contributed by atoms with E-state index in [9.17, 15) is 4.79 Å². The van der Waals surface area contributed by atoms with Crippen LogP contribution in [0.4, 0.5) is 11.6 Å². The van der Waals surface area contributed by atoms with E-state index in [1.54, 1.807) is 25.2 Å². The Morgan fingerprint density at radius 1 is 1.38 bits per heavy atom. The Bertz CT molecular complexity index is 621. The van der Waals surface area contributed by atoms with Gasteiger partial charge in [0.05, 0.1) is 12.7 Å². The molecule has 0 spiro atoms. The maximum Gasteiger partial charge on any atom is 0.241 e. The first-order valence-electron chi connectivity index (χ1n) is 7.09. The highest BCUT2D eigenvalue weighted by atomic mass is 16.2. The summed E-state index contributed by atoms with van der Waals surface area (Å²) in [5, 5.41) is 3.20. The Hall–Kier alpha value is -2.31. The quantitative estimate of drug-likeness (QED) is 0.862. The molecule has 0 saturated heterocycles. The van der Waals surface area contributed by atoms with Crippen molar-refractivity contribution in [1.29, 1.82) is 0 Å². The van der Waals surface area contributed by atoms with Crippen LogP contribution in [0, 0.1) is 0 Å². The zero-order valence-electron chi connectivity index (χ0n) is 13.0. The monoisotopic (exact) mass is 290 g/mol. The first kappa shape index (κ1) is 15.1. The summed E-state index contributed by atoms with van der Waals surface area (Å²) >= 11 is 0. The minimum Gasteiger partial charge on any atom is -0.369 e. The van der Waals surface area contributed by atoms with Crippen molar-refractivity contribution in [1.82, 2.24) is 19.3 Å². The number of amides is 1. The van der Waals surface area contributed by atoms with Gasteiger partial charge < -0.3 is 19.5 Å². The van der Waals surface area contributed by atoms with Crippen molar-refractivity contribution in [3.63, 3.8) is 0 Å². The van der Waals surface area contributed by atoms with Crippen LogP contribution < -0.4 is 10.2 Å². The van der Waals surface area contributed by atoms with Gasteiger partial charge in [0.1, 0.15) is 5.82 Å². The van der Waals surface area contributed by atoms with Gasteiger partial charge in [-0.3, -0.25) is 4.79 Å². The molecule has 0 unspecified atom stereocenters. The molecule has 0 bridgehead atoms. The fraction of sp³-hybridized carbons (Fsp3) is 0.500. The van der Waals surface area contributed by atoms with Crippen molar-refractivity contribution in [2.45, 2.75) is 13.8 Å². The molecular formula is C14H22N6O. The highest BCUT2D eigenvalue weighted by Crippen LogP contribution is 2.20. The molecule has 1 amide bonds. The Morgan fingerprint density at radius 3 is 2.76 bits per heavy atom. The van der Waals surface area contributed by atoms with Crippen molar-refractivity contribution >= 4 is 23.2 Å². The number of fused-ring (bicyclic) bond motifs is 1. The molecule has 0 aliphatic carbocycles. The number of rotatable bonds is 6. The summed E-state index contributed by atoms with van der Waals surface area (Å²) in [7, 11) is 3.51. The average Bonchev–Trinajstić information content (AvgIpc) is 2.92. The molecule has 7 heteroatoms. The lowest BCUT2D eigenvalue weighted by Crippen LogP contribution is -2.37. The summed E-state index contributed by atoms with van der Waals surface area (Å²) in [5.74, 6) is 1.53. The smallest absolute Gasteiger partial charge is 0.241 e. The Morgan fingerprint density at radius 2 is 2.14 bits per heavy atom. The normalized spacial score (nSPS) is 10.7. The van der Waals surface area contributed by atoms with Crippen LogP contribution in [-0.2, 0) is 4.79 Å². The van der Waals surface area contributed by atoms with Gasteiger partial charge in [0.2, 0.25) is 5.91 Å². The van der Waals surface area contributed by atoms with Gasteiger partial charge in [0, 0.05) is 39.6 Å². The van der Waals surface area contributed by atoms with E-state index in [2.05, 4.69) is 15.3 Å². The van der Waals surface area contributed by atoms with E-state index in [4.69, 9.17) is 0 Å². The molecule has 114 valence electrons. The van der Waals surface area contributed by atoms with E-state index in [1.165, 1.54) is 0 Å². The molecule has 0 aromatic carbocycles. The van der Waals surface area contributed by atoms with Crippen molar-refractivity contribution in [2.24, 2.45) is 0 Å². The van der Waals surface area contributed by atoms with E-state index in [1.807, 2.05) is 35.5 Å². The number of imidazole rings is 1. The van der Waals surface area contributed by atoms with Gasteiger partial charge >= 0.3 is 0 Å². The van der Waals surface area contributed by atoms with Crippen LogP contribution in [-0.4, -0.2) is 58.9 Å². The van der Waals surface area contributed by atoms with Crippen LogP contribution in [0.5, 0.6) is 0 Å². The van der Waals surface area contributed by atoms with E-state index in [-0.39, 0.29) is 12.5 Å². The third kappa shape index (κ3) is 3.24. The zero-order chi connectivity index (χ0) is 15.4. The van der Waals surface area contributed by atoms with Gasteiger partial charge in [-0.1, -0.05) is 0 Å². The maximum atomic E-state index is 12.0. The topological polar surface area (TPSA) is 65.8 Å². The van der Waals surface area contributed by atoms with Gasteiger partial charge in [-0.2, -0.15) is 0 Å². The van der Waals surface area contributed by atoms with Crippen molar-refractivity contribution < 1.29 is 4.79 Å². The van der Waals surface area contributed by atoms with Crippen LogP contribution in [0.3, 0.4) is 0 Å². The lowest BCUT2D eigenvalue weighted by molar-refractivity contribution is -0.127. The minimum atomic E-state index is 0.0391. The van der Waals surface area contributed by atoms with Crippen molar-refractivity contribution in [3.8, 4) is 0 Å². The van der Waals surface area contributed by atoms with E-state index in [0.29, 0.717) is 6.54 Å². The Labute approximate surface area is 124 Å². The molecule has 2 aromatic heterocycles. The summed E-state index contributed by atoms with van der Waals surface area (Å²) in [4.78, 5) is 24.5. The summed E-state index contributed by atoms with van der Waals surface area (Å²) in [6, 6.07) is 0. The summed E-state index contributed by atoms with van der Waals surface area (Å²) in [6.45, 7) is 5.78. The molecule has 0 saturated carbocycles. The number of aromatic nitrogens is 3. The highest BCUT2D eigenvalue weighted by molar-refractivity contribution is 5.82. The second-order valence-corrected chi connectivity index (χ2v) is 4.94. The first-order valence-corrected chi connectivity index (χ1v) is 7.09. The molecule has 0 fully saturated rings. The van der Waals surface area contributed by atoms with Gasteiger partial charge in [-0.15, -0.1) is 0 Å². The zero-order valence-corrected chi connectivity index (χ0v) is 13.0. The lowest BCUT2D eigenvalue weighted by Gasteiger charge is -2.24. The number of likely N-dealkylation sites (N-methyl/N-ethyl adjacent to an activating group) is 2. The number of nitrogens with zero attached hydrogens (tertiary/aromatic N) is 5. The molecule has 2 heterocycles. The van der Waals surface area contributed by atoms with Gasteiger partial charge in [0.25, 0.3) is 0 Å². The van der Waals surface area contributed by atoms with Crippen molar-refractivity contribution in [2.75, 3.05) is 43.9 Å². The SMILES string of the molecule is CCNc1cn2ccnc2c(N(CC)CC(=O)N(C)C)n1. The number of hydrogen-bond donors (Lipinski definition) is 1. The van der Waals surface area contributed by atoms with Crippen molar-refractivity contribution in [3.05, 3.63) is 18.6 Å². The van der Waals surface area contributed by atoms with Crippen LogP contribution in [0.1, 0.15) is 13.8 Å². The molecular weight excluding hydrogens is 268 g/mol. The molecule has 0 aliphatic rings. The Kier molecular flexibility index (Phi) is 4.62. The molecule has 0 aliphatic heterocycles. The molecule has 7 nitrogen and oxygen atoms in total. The molecule has 1 N–H and O–H groups in total. The van der Waals surface area contributed by atoms with E-state index >= 15 is 0 Å². The average molecular weight is 290 g/mol. The van der Waals surface area contributed by atoms with E-state index in [0.717, 1.165) is 23.8 Å². The minimum absolute atomic E-state index is 0.0391. The standard InChI is InChI=1S/C14H22N6O/c1-5-15-11-9-20-8-7-16-13(20)14(17-11)19(6-2)10-12(21)18(3)4/h7-9,15H,5-6,10H2,1-4H3. The fourth-order valence-electron chi connectivity index (χ4n) is 2.03. The lowest BCUT2D eigenvalue weighted by atomic mass is 10.4. The van der Waals surface area contributed by atoms with Gasteiger partial charge in [-0.05, 0) is 13.8 Å². The second-order valence-electron chi connectivity index (χ2n) is 4.94. The second kappa shape index (κ2) is 6.43.